The Bertz CT molecular complexity index is 1240. The highest BCUT2D eigenvalue weighted by Gasteiger charge is 2.19. The first kappa shape index (κ1) is 23.1. The molecule has 10 heteroatoms. The fourth-order valence-electron chi connectivity index (χ4n) is 3.47. The molecule has 2 heterocycles. The molecular weight excluding hydrogens is 434 g/mol. The van der Waals surface area contributed by atoms with Crippen LogP contribution in [-0.4, -0.2) is 53.4 Å². The van der Waals surface area contributed by atoms with E-state index in [0.29, 0.717) is 37.5 Å². The van der Waals surface area contributed by atoms with Crippen LogP contribution in [0.3, 0.4) is 0 Å². The Morgan fingerprint density at radius 3 is 2.58 bits per heavy atom. The Kier molecular flexibility index (Phi) is 7.24. The van der Waals surface area contributed by atoms with Crippen LogP contribution in [0.5, 0.6) is 0 Å². The number of quaternary nitrogens is 1. The molecule has 4 N–H and O–H groups in total. The third-order valence-corrected chi connectivity index (χ3v) is 6.55. The normalized spacial score (nSPS) is 11.5. The SMILES string of the molecule is CC[NH+](CC)CCNC(=O)c1ccc2c(=O)[nH]c3c(C(=O)NC(C)C)sc(=S)n3c2c1. The predicted octanol–water partition coefficient (Wildman–Crippen LogP) is 1.36. The Hall–Kier alpha value is -2.56. The van der Waals surface area contributed by atoms with E-state index in [0.717, 1.165) is 31.0 Å². The van der Waals surface area contributed by atoms with Gasteiger partial charge in [-0.3, -0.25) is 18.8 Å². The van der Waals surface area contributed by atoms with Gasteiger partial charge in [0.1, 0.15) is 10.5 Å². The third-order valence-electron chi connectivity index (χ3n) is 5.18. The number of carbonyl (C=O) groups is 2. The molecule has 3 aromatic rings. The molecule has 0 unspecified atom stereocenters. The first-order valence-corrected chi connectivity index (χ1v) is 11.6. The molecule has 1 aromatic carbocycles. The van der Waals surface area contributed by atoms with Crippen molar-refractivity contribution >= 4 is 51.9 Å². The highest BCUT2D eigenvalue weighted by molar-refractivity contribution is 7.73. The maximum atomic E-state index is 12.7. The fourth-order valence-corrected chi connectivity index (χ4v) is 4.76. The summed E-state index contributed by atoms with van der Waals surface area (Å²) < 4.78 is 2.08. The third kappa shape index (κ3) is 4.86. The molecule has 0 spiro atoms. The van der Waals surface area contributed by atoms with E-state index < -0.39 is 0 Å². The molecule has 0 aliphatic heterocycles. The van der Waals surface area contributed by atoms with Crippen molar-refractivity contribution in [2.24, 2.45) is 0 Å². The number of amides is 2. The maximum absolute atomic E-state index is 12.7. The summed E-state index contributed by atoms with van der Waals surface area (Å²) in [7, 11) is 0. The van der Waals surface area contributed by atoms with E-state index in [1.165, 1.54) is 4.90 Å². The summed E-state index contributed by atoms with van der Waals surface area (Å²) in [5, 5.41) is 6.17. The van der Waals surface area contributed by atoms with Gasteiger partial charge in [0.25, 0.3) is 17.4 Å². The summed E-state index contributed by atoms with van der Waals surface area (Å²) in [5.74, 6) is -0.502. The number of fused-ring (bicyclic) bond motifs is 3. The second kappa shape index (κ2) is 9.71. The zero-order chi connectivity index (χ0) is 22.7. The molecule has 2 amide bonds. The molecular formula is C21H28N5O3S2+. The lowest BCUT2D eigenvalue weighted by Crippen LogP contribution is -3.12. The molecule has 0 atom stereocenters. The van der Waals surface area contributed by atoms with Crippen LogP contribution in [0.25, 0.3) is 16.6 Å². The summed E-state index contributed by atoms with van der Waals surface area (Å²) in [5.41, 5.74) is 0.952. The van der Waals surface area contributed by atoms with Crippen LogP contribution in [0.4, 0.5) is 0 Å². The molecule has 31 heavy (non-hydrogen) atoms. The quantitative estimate of drug-likeness (QED) is 0.380. The van der Waals surface area contributed by atoms with E-state index >= 15 is 0 Å². The monoisotopic (exact) mass is 462 g/mol. The van der Waals surface area contributed by atoms with Crippen molar-refractivity contribution in [3.8, 4) is 0 Å². The van der Waals surface area contributed by atoms with E-state index in [2.05, 4.69) is 29.5 Å². The Labute approximate surface area is 189 Å². The van der Waals surface area contributed by atoms with E-state index in [1.54, 1.807) is 22.6 Å². The number of hydrogen-bond acceptors (Lipinski definition) is 5. The molecule has 0 saturated carbocycles. The highest BCUT2D eigenvalue weighted by atomic mass is 32.1. The van der Waals surface area contributed by atoms with Crippen molar-refractivity contribution in [2.45, 2.75) is 33.7 Å². The van der Waals surface area contributed by atoms with Crippen molar-refractivity contribution in [1.29, 1.82) is 0 Å². The van der Waals surface area contributed by atoms with Crippen molar-refractivity contribution in [2.75, 3.05) is 26.2 Å². The number of benzene rings is 1. The van der Waals surface area contributed by atoms with Gasteiger partial charge in [-0.25, -0.2) is 0 Å². The van der Waals surface area contributed by atoms with Gasteiger partial charge in [-0.15, -0.1) is 0 Å². The Morgan fingerprint density at radius 2 is 1.94 bits per heavy atom. The number of nitrogens with one attached hydrogen (secondary N) is 4. The number of likely N-dealkylation sites (N-methyl/N-ethyl adjacent to an activating group) is 1. The van der Waals surface area contributed by atoms with Gasteiger partial charge >= 0.3 is 0 Å². The topological polar surface area (TPSA) is 99.9 Å². The Balaban J connectivity index is 2.01. The minimum Gasteiger partial charge on any atom is -0.349 e. The van der Waals surface area contributed by atoms with Crippen molar-refractivity contribution in [1.82, 2.24) is 20.0 Å². The molecule has 2 aromatic heterocycles. The van der Waals surface area contributed by atoms with Crippen molar-refractivity contribution in [3.05, 3.63) is 42.9 Å². The van der Waals surface area contributed by atoms with Crippen molar-refractivity contribution < 1.29 is 14.5 Å². The van der Waals surface area contributed by atoms with E-state index in [9.17, 15) is 14.4 Å². The molecule has 8 nitrogen and oxygen atoms in total. The van der Waals surface area contributed by atoms with Gasteiger partial charge in [-0.05, 0) is 58.1 Å². The first-order valence-electron chi connectivity index (χ1n) is 10.4. The number of aromatic nitrogens is 2. The lowest BCUT2D eigenvalue weighted by atomic mass is 10.1. The summed E-state index contributed by atoms with van der Waals surface area (Å²) in [6.45, 7) is 11.4. The molecule has 0 saturated heterocycles. The average molecular weight is 463 g/mol. The number of H-pyrrole nitrogens is 1. The number of nitrogens with zero attached hydrogens (tertiary/aromatic N) is 1. The standard InChI is InChI=1S/C21H27N5O3S2/c1-5-25(6-2)10-9-22-18(27)13-7-8-14-15(11-13)26-17(24-19(14)28)16(31-21(26)30)20(29)23-12(3)4/h7-8,11-12H,5-6,9-10H2,1-4H3,(H,22,27)(H,23,29)(H,24,28)/p+1. The number of carbonyl (C=O) groups excluding carboxylic acids is 2. The zero-order valence-electron chi connectivity index (χ0n) is 18.1. The first-order chi connectivity index (χ1) is 14.8. The lowest BCUT2D eigenvalue weighted by Gasteiger charge is -2.15. The van der Waals surface area contributed by atoms with Gasteiger partial charge in [0.2, 0.25) is 0 Å². The van der Waals surface area contributed by atoms with E-state index in [1.807, 2.05) is 13.8 Å². The molecule has 166 valence electrons. The van der Waals surface area contributed by atoms with Crippen LogP contribution < -0.4 is 21.1 Å². The molecule has 0 fully saturated rings. The lowest BCUT2D eigenvalue weighted by molar-refractivity contribution is -0.895. The average Bonchev–Trinajstić information content (AvgIpc) is 3.06. The molecule has 0 bridgehead atoms. The van der Waals surface area contributed by atoms with Gasteiger partial charge < -0.3 is 20.5 Å². The van der Waals surface area contributed by atoms with Crippen LogP contribution in [0.1, 0.15) is 47.7 Å². The highest BCUT2D eigenvalue weighted by Crippen LogP contribution is 2.23. The maximum Gasteiger partial charge on any atom is 0.265 e. The number of hydrogen-bond donors (Lipinski definition) is 4. The number of aromatic amines is 1. The summed E-state index contributed by atoms with van der Waals surface area (Å²) in [4.78, 5) is 42.4. The van der Waals surface area contributed by atoms with Gasteiger partial charge in [-0.2, -0.15) is 0 Å². The van der Waals surface area contributed by atoms with Crippen LogP contribution in [0.15, 0.2) is 23.0 Å². The fraction of sp³-hybridized carbons (Fsp3) is 0.429. The minimum atomic E-state index is -0.335. The van der Waals surface area contributed by atoms with Crippen LogP contribution in [0, 0.1) is 3.95 Å². The Morgan fingerprint density at radius 1 is 1.23 bits per heavy atom. The second-order valence-electron chi connectivity index (χ2n) is 7.66. The van der Waals surface area contributed by atoms with Crippen LogP contribution in [-0.2, 0) is 0 Å². The number of rotatable bonds is 8. The summed E-state index contributed by atoms with van der Waals surface area (Å²) in [6, 6.07) is 4.85. The largest absolute Gasteiger partial charge is 0.349 e. The predicted molar refractivity (Wildman–Crippen MR) is 126 cm³/mol. The summed E-state index contributed by atoms with van der Waals surface area (Å²) >= 11 is 6.62. The van der Waals surface area contributed by atoms with Gasteiger partial charge in [0.05, 0.1) is 37.1 Å². The van der Waals surface area contributed by atoms with Gasteiger partial charge in [-0.1, -0.05) is 11.3 Å². The second-order valence-corrected chi connectivity index (χ2v) is 9.30. The van der Waals surface area contributed by atoms with Gasteiger partial charge in [0, 0.05) is 11.6 Å². The summed E-state index contributed by atoms with van der Waals surface area (Å²) in [6.07, 6.45) is 0. The molecule has 0 radical (unpaired) electrons. The van der Waals surface area contributed by atoms with Crippen LogP contribution >= 0.6 is 23.6 Å². The number of thiazole rings is 1. The smallest absolute Gasteiger partial charge is 0.265 e. The molecule has 0 aliphatic rings. The zero-order valence-corrected chi connectivity index (χ0v) is 19.8. The van der Waals surface area contributed by atoms with Crippen molar-refractivity contribution in [3.63, 3.8) is 0 Å². The molecule has 0 aliphatic carbocycles. The van der Waals surface area contributed by atoms with Crippen LogP contribution in [0.2, 0.25) is 0 Å². The van der Waals surface area contributed by atoms with E-state index in [-0.39, 0.29) is 23.4 Å². The molecule has 3 rings (SSSR count). The van der Waals surface area contributed by atoms with E-state index in [4.69, 9.17) is 12.2 Å². The van der Waals surface area contributed by atoms with Gasteiger partial charge in [0.15, 0.2) is 3.95 Å². The minimum absolute atomic E-state index is 0.0520.